The fraction of sp³-hybridized carbons (Fsp3) is 0. The monoisotopic (exact) mass is 651 g/mol. The Labute approximate surface area is 294 Å². The van der Waals surface area contributed by atoms with E-state index >= 15 is 0 Å². The van der Waals surface area contributed by atoms with Gasteiger partial charge in [-0.25, -0.2) is 15.0 Å². The Balaban J connectivity index is 1.13. The van der Waals surface area contributed by atoms with Gasteiger partial charge in [0.15, 0.2) is 17.5 Å². The van der Waals surface area contributed by atoms with E-state index < -0.39 is 0 Å². The number of aromatic nitrogens is 3. The molecule has 0 unspecified atom stereocenters. The summed E-state index contributed by atoms with van der Waals surface area (Å²) in [5.41, 5.74) is 8.81. The average Bonchev–Trinajstić information content (AvgIpc) is 3.59. The third-order valence-corrected chi connectivity index (χ3v) is 9.73. The second-order valence-corrected chi connectivity index (χ2v) is 12.8. The molecule has 0 N–H and O–H groups in total. The van der Waals surface area contributed by atoms with Gasteiger partial charge in [-0.05, 0) is 68.1 Å². The maximum Gasteiger partial charge on any atom is 0.167 e. The highest BCUT2D eigenvalue weighted by molar-refractivity contribution is 6.09. The third kappa shape index (κ3) is 5.13. The number of hydrogen-bond acceptors (Lipinski definition) is 4. The van der Waals surface area contributed by atoms with Crippen molar-refractivity contribution in [2.24, 2.45) is 0 Å². The molecule has 0 aliphatic rings. The number of nitrogens with zero attached hydrogens (tertiary/aromatic N) is 3. The van der Waals surface area contributed by atoms with Crippen LogP contribution >= 0.6 is 0 Å². The summed E-state index contributed by atoms with van der Waals surface area (Å²) in [6, 6.07) is 61.2. The maximum absolute atomic E-state index is 6.44. The topological polar surface area (TPSA) is 51.8 Å². The van der Waals surface area contributed by atoms with Gasteiger partial charge in [-0.15, -0.1) is 0 Å². The van der Waals surface area contributed by atoms with Gasteiger partial charge in [0.2, 0.25) is 0 Å². The molecule has 2 aromatic heterocycles. The highest BCUT2D eigenvalue weighted by Crippen LogP contribution is 2.37. The van der Waals surface area contributed by atoms with Crippen molar-refractivity contribution >= 4 is 43.5 Å². The number of benzene rings is 8. The number of rotatable bonds is 5. The van der Waals surface area contributed by atoms with Crippen LogP contribution in [0, 0.1) is 0 Å². The molecule has 0 fully saturated rings. The number of para-hydroxylation sites is 2. The molecule has 0 spiro atoms. The summed E-state index contributed by atoms with van der Waals surface area (Å²) < 4.78 is 6.44. The fourth-order valence-electron chi connectivity index (χ4n) is 7.16. The van der Waals surface area contributed by atoms with Crippen LogP contribution in [0.5, 0.6) is 0 Å². The molecule has 2 heterocycles. The second kappa shape index (κ2) is 11.9. The van der Waals surface area contributed by atoms with Crippen LogP contribution in [-0.4, -0.2) is 15.0 Å². The van der Waals surface area contributed by atoms with E-state index in [1.165, 1.54) is 27.1 Å². The van der Waals surface area contributed by atoms with Gasteiger partial charge >= 0.3 is 0 Å². The van der Waals surface area contributed by atoms with Crippen molar-refractivity contribution in [2.45, 2.75) is 0 Å². The fourth-order valence-corrected chi connectivity index (χ4v) is 7.16. The van der Waals surface area contributed by atoms with Crippen LogP contribution in [0.2, 0.25) is 0 Å². The Morgan fingerprint density at radius 3 is 1.76 bits per heavy atom. The minimum Gasteiger partial charge on any atom is -0.455 e. The normalized spacial score (nSPS) is 11.5. The Kier molecular flexibility index (Phi) is 6.78. The van der Waals surface area contributed by atoms with Crippen molar-refractivity contribution in [1.82, 2.24) is 15.0 Å². The van der Waals surface area contributed by atoms with Gasteiger partial charge in [-0.2, -0.15) is 0 Å². The molecule has 4 nitrogen and oxygen atoms in total. The first kappa shape index (κ1) is 29.0. The van der Waals surface area contributed by atoms with Crippen LogP contribution in [0.3, 0.4) is 0 Å². The lowest BCUT2D eigenvalue weighted by atomic mass is 9.97. The van der Waals surface area contributed by atoms with Crippen LogP contribution in [-0.2, 0) is 0 Å². The predicted octanol–water partition coefficient (Wildman–Crippen LogP) is 12.4. The molecule has 10 aromatic rings. The van der Waals surface area contributed by atoms with Gasteiger partial charge in [0.05, 0.1) is 5.56 Å². The lowest BCUT2D eigenvalue weighted by Gasteiger charge is -2.11. The molecule has 238 valence electrons. The molecule has 0 radical (unpaired) electrons. The SMILES string of the molecule is c1cc(-c2ccc3ccccc3c2)cc(-c2nc(-c3ccc(-c4cccc5ccccc45)cc3)nc(-c3cccc4c3oc3ccccc34)n2)c1. The first-order valence-electron chi connectivity index (χ1n) is 17.1. The number of furan rings is 1. The average molecular weight is 652 g/mol. The highest BCUT2D eigenvalue weighted by atomic mass is 16.3. The van der Waals surface area contributed by atoms with Crippen molar-refractivity contribution in [3.05, 3.63) is 176 Å². The molecule has 0 saturated heterocycles. The smallest absolute Gasteiger partial charge is 0.167 e. The Morgan fingerprint density at radius 2 is 0.882 bits per heavy atom. The molecule has 0 amide bonds. The maximum atomic E-state index is 6.44. The lowest BCUT2D eigenvalue weighted by molar-refractivity contribution is 0.669. The van der Waals surface area contributed by atoms with Crippen LogP contribution in [0.1, 0.15) is 0 Å². The summed E-state index contributed by atoms with van der Waals surface area (Å²) in [5, 5.41) is 6.96. The zero-order valence-corrected chi connectivity index (χ0v) is 27.5. The molecule has 0 bridgehead atoms. The minimum absolute atomic E-state index is 0.564. The lowest BCUT2D eigenvalue weighted by Crippen LogP contribution is -2.00. The Hall–Kier alpha value is -6.91. The molecule has 4 heteroatoms. The zero-order valence-electron chi connectivity index (χ0n) is 27.5. The van der Waals surface area contributed by atoms with Gasteiger partial charge in [0, 0.05) is 21.9 Å². The summed E-state index contributed by atoms with van der Waals surface area (Å²) in [5.74, 6) is 1.77. The van der Waals surface area contributed by atoms with Gasteiger partial charge in [0.25, 0.3) is 0 Å². The van der Waals surface area contributed by atoms with Crippen LogP contribution < -0.4 is 0 Å². The minimum atomic E-state index is 0.564. The summed E-state index contributed by atoms with van der Waals surface area (Å²) in [6.07, 6.45) is 0. The van der Waals surface area contributed by atoms with Crippen molar-refractivity contribution in [3.63, 3.8) is 0 Å². The first-order chi connectivity index (χ1) is 25.2. The van der Waals surface area contributed by atoms with Gasteiger partial charge in [-0.1, -0.05) is 152 Å². The number of hydrogen-bond donors (Lipinski definition) is 0. The molecule has 0 saturated carbocycles. The predicted molar refractivity (Wildman–Crippen MR) is 209 cm³/mol. The van der Waals surface area contributed by atoms with Crippen molar-refractivity contribution in [3.8, 4) is 56.4 Å². The summed E-state index contributed by atoms with van der Waals surface area (Å²) in [7, 11) is 0. The molecular formula is C47H29N3O. The zero-order chi connectivity index (χ0) is 33.7. The molecular weight excluding hydrogens is 623 g/mol. The van der Waals surface area contributed by atoms with E-state index in [0.29, 0.717) is 17.5 Å². The van der Waals surface area contributed by atoms with Gasteiger partial charge < -0.3 is 4.42 Å². The summed E-state index contributed by atoms with van der Waals surface area (Å²) in [6.45, 7) is 0. The second-order valence-electron chi connectivity index (χ2n) is 12.8. The highest BCUT2D eigenvalue weighted by Gasteiger charge is 2.18. The summed E-state index contributed by atoms with van der Waals surface area (Å²) >= 11 is 0. The van der Waals surface area contributed by atoms with E-state index in [9.17, 15) is 0 Å². The van der Waals surface area contributed by atoms with Crippen molar-refractivity contribution < 1.29 is 4.42 Å². The summed E-state index contributed by atoms with van der Waals surface area (Å²) in [4.78, 5) is 15.3. The van der Waals surface area contributed by atoms with E-state index in [1.807, 2.05) is 30.3 Å². The van der Waals surface area contributed by atoms with Crippen molar-refractivity contribution in [1.29, 1.82) is 0 Å². The van der Waals surface area contributed by atoms with Crippen LogP contribution in [0.15, 0.2) is 180 Å². The Bertz CT molecular complexity index is 2920. The van der Waals surface area contributed by atoms with E-state index in [1.54, 1.807) is 0 Å². The van der Waals surface area contributed by atoms with Crippen molar-refractivity contribution in [2.75, 3.05) is 0 Å². The van der Waals surface area contributed by atoms with E-state index in [0.717, 1.165) is 55.3 Å². The molecule has 0 aliphatic heterocycles. The quantitative estimate of drug-likeness (QED) is 0.186. The standard InChI is InChI=1S/C47H29N3O/c1-2-12-34-28-36(27-22-30(34)10-1)35-14-7-15-37(29-35)46-48-45(33-25-23-32(24-26-33)39-18-8-13-31-11-3-4-16-38(31)39)49-47(50-46)42-20-9-19-41-40-17-5-6-21-43(40)51-44(41)42/h1-29H. The van der Waals surface area contributed by atoms with Crippen LogP contribution in [0.25, 0.3) is 99.9 Å². The molecule has 0 aliphatic carbocycles. The van der Waals surface area contributed by atoms with E-state index in [-0.39, 0.29) is 0 Å². The molecule has 0 atom stereocenters. The molecule has 10 rings (SSSR count). The first-order valence-corrected chi connectivity index (χ1v) is 17.1. The molecule has 51 heavy (non-hydrogen) atoms. The largest absolute Gasteiger partial charge is 0.455 e. The van der Waals surface area contributed by atoms with E-state index in [4.69, 9.17) is 19.4 Å². The third-order valence-electron chi connectivity index (χ3n) is 9.73. The van der Waals surface area contributed by atoms with Gasteiger partial charge in [0.1, 0.15) is 11.2 Å². The Morgan fingerprint density at radius 1 is 0.314 bits per heavy atom. The van der Waals surface area contributed by atoms with Crippen LogP contribution in [0.4, 0.5) is 0 Å². The van der Waals surface area contributed by atoms with E-state index in [2.05, 4.69) is 146 Å². The van der Waals surface area contributed by atoms with Gasteiger partial charge in [-0.3, -0.25) is 0 Å². The molecule has 8 aromatic carbocycles. The number of fused-ring (bicyclic) bond motifs is 5.